The Hall–Kier alpha value is -4.75. The van der Waals surface area contributed by atoms with E-state index in [0.29, 0.717) is 0 Å². The molecule has 0 bridgehead atoms. The predicted octanol–water partition coefficient (Wildman–Crippen LogP) is 7.20. The molecule has 0 unspecified atom stereocenters. The minimum atomic E-state index is 0.811. The van der Waals surface area contributed by atoms with Gasteiger partial charge in [-0.15, -0.1) is 6.42 Å². The Morgan fingerprint density at radius 3 is 2.06 bits per heavy atom. The number of terminal acetylenes is 1. The van der Waals surface area contributed by atoms with Crippen LogP contribution in [0.15, 0.2) is 107 Å². The zero-order chi connectivity index (χ0) is 25.1. The fourth-order valence-electron chi connectivity index (χ4n) is 4.51. The highest BCUT2D eigenvalue weighted by molar-refractivity contribution is 6.16. The number of aliphatic imine (C=N–C) groups is 1. The second-order valence-corrected chi connectivity index (χ2v) is 8.44. The van der Waals surface area contributed by atoms with E-state index in [0.717, 1.165) is 67.3 Å². The van der Waals surface area contributed by atoms with Crippen LogP contribution < -0.4 is 9.47 Å². The van der Waals surface area contributed by atoms with E-state index in [4.69, 9.17) is 20.9 Å². The first-order chi connectivity index (χ1) is 17.6. The Morgan fingerprint density at radius 2 is 1.44 bits per heavy atom. The van der Waals surface area contributed by atoms with Gasteiger partial charge in [-0.3, -0.25) is 0 Å². The average molecular weight is 471 g/mol. The van der Waals surface area contributed by atoms with Gasteiger partial charge in [-0.05, 0) is 84.8 Å². The molecule has 0 amide bonds. The Balaban J connectivity index is 1.64. The van der Waals surface area contributed by atoms with Crippen LogP contribution >= 0.6 is 0 Å². The van der Waals surface area contributed by atoms with Crippen molar-refractivity contribution in [1.29, 1.82) is 0 Å². The molecule has 0 aliphatic carbocycles. The van der Waals surface area contributed by atoms with Crippen molar-refractivity contribution in [3.8, 4) is 35.1 Å². The SMILES string of the molecule is C#C/C=C\C1=C(C)C(c2ccc(OC)cc2)=N/C1=C\c1[nH]c(-c2ccc(OC)cc2)c2ccccc12. The third-order valence-corrected chi connectivity index (χ3v) is 6.38. The van der Waals surface area contributed by atoms with Gasteiger partial charge < -0.3 is 14.5 Å². The number of fused-ring (bicyclic) bond motifs is 1. The van der Waals surface area contributed by atoms with Crippen LogP contribution in [0.2, 0.25) is 0 Å². The maximum absolute atomic E-state index is 5.55. The summed E-state index contributed by atoms with van der Waals surface area (Å²) in [4.78, 5) is 8.68. The largest absolute Gasteiger partial charge is 0.497 e. The van der Waals surface area contributed by atoms with E-state index in [1.54, 1.807) is 20.3 Å². The van der Waals surface area contributed by atoms with Crippen LogP contribution in [0, 0.1) is 12.3 Å². The number of aromatic nitrogens is 1. The third-order valence-electron chi connectivity index (χ3n) is 6.38. The van der Waals surface area contributed by atoms with E-state index in [9.17, 15) is 0 Å². The molecule has 1 aromatic heterocycles. The van der Waals surface area contributed by atoms with Crippen molar-refractivity contribution in [3.05, 3.63) is 113 Å². The maximum atomic E-state index is 5.55. The molecule has 5 rings (SSSR count). The summed E-state index contributed by atoms with van der Waals surface area (Å²) in [6.07, 6.45) is 11.3. The number of methoxy groups -OCH3 is 2. The lowest BCUT2D eigenvalue weighted by Crippen LogP contribution is -1.99. The quantitative estimate of drug-likeness (QED) is 0.303. The van der Waals surface area contributed by atoms with Crippen molar-refractivity contribution in [2.45, 2.75) is 6.92 Å². The molecule has 176 valence electrons. The van der Waals surface area contributed by atoms with Gasteiger partial charge in [-0.1, -0.05) is 30.2 Å². The summed E-state index contributed by atoms with van der Waals surface area (Å²) in [5.41, 5.74) is 8.02. The van der Waals surface area contributed by atoms with E-state index in [1.165, 1.54) is 0 Å². The monoisotopic (exact) mass is 470 g/mol. The lowest BCUT2D eigenvalue weighted by Gasteiger charge is -2.04. The van der Waals surface area contributed by atoms with Gasteiger partial charge in [-0.25, -0.2) is 4.99 Å². The van der Waals surface area contributed by atoms with Crippen LogP contribution in [0.1, 0.15) is 18.2 Å². The van der Waals surface area contributed by atoms with Gasteiger partial charge in [-0.2, -0.15) is 0 Å². The number of nitrogens with zero attached hydrogens (tertiary/aromatic N) is 1. The normalized spacial score (nSPS) is 14.5. The van der Waals surface area contributed by atoms with Gasteiger partial charge in [0.25, 0.3) is 0 Å². The summed E-state index contributed by atoms with van der Waals surface area (Å²) >= 11 is 0. The molecular weight excluding hydrogens is 444 g/mol. The molecule has 0 saturated heterocycles. The van der Waals surface area contributed by atoms with Crippen molar-refractivity contribution in [1.82, 2.24) is 4.98 Å². The van der Waals surface area contributed by atoms with E-state index in [1.807, 2.05) is 42.5 Å². The summed E-state index contributed by atoms with van der Waals surface area (Å²) in [7, 11) is 3.34. The molecule has 0 radical (unpaired) electrons. The number of ether oxygens (including phenoxy) is 2. The molecule has 0 saturated carbocycles. The van der Waals surface area contributed by atoms with Crippen LogP contribution in [0.4, 0.5) is 0 Å². The molecule has 4 heteroatoms. The average Bonchev–Trinajstić information content (AvgIpc) is 3.45. The summed E-state index contributed by atoms with van der Waals surface area (Å²) in [6.45, 7) is 2.08. The molecular formula is C32H26N2O2. The van der Waals surface area contributed by atoms with Crippen molar-refractivity contribution in [2.24, 2.45) is 4.99 Å². The summed E-state index contributed by atoms with van der Waals surface area (Å²) in [5.74, 6) is 4.25. The molecule has 0 atom stereocenters. The second-order valence-electron chi connectivity index (χ2n) is 8.44. The molecule has 3 aromatic carbocycles. The topological polar surface area (TPSA) is 46.6 Å². The second kappa shape index (κ2) is 9.85. The number of nitrogens with one attached hydrogen (secondary N) is 1. The third kappa shape index (κ3) is 4.23. The highest BCUT2D eigenvalue weighted by atomic mass is 16.5. The smallest absolute Gasteiger partial charge is 0.118 e. The van der Waals surface area contributed by atoms with Gasteiger partial charge in [0, 0.05) is 27.6 Å². The number of benzene rings is 3. The van der Waals surface area contributed by atoms with E-state index >= 15 is 0 Å². The Bertz CT molecular complexity index is 1590. The van der Waals surface area contributed by atoms with Crippen molar-refractivity contribution >= 4 is 22.6 Å². The van der Waals surface area contributed by atoms with E-state index in [2.05, 4.69) is 60.3 Å². The Morgan fingerprint density at radius 1 is 0.833 bits per heavy atom. The van der Waals surface area contributed by atoms with Crippen LogP contribution in [0.5, 0.6) is 11.5 Å². The zero-order valence-corrected chi connectivity index (χ0v) is 20.5. The molecule has 0 fully saturated rings. The first-order valence-electron chi connectivity index (χ1n) is 11.7. The standard InChI is InChI=1S/C32H26N2O2/c1-5-6-9-26-21(2)31(22-12-16-24(35-3)17-13-22)33-29(26)20-30-27-10-7-8-11-28(27)32(34-30)23-14-18-25(36-4)19-15-23/h1,6-20,34H,2-4H3/b9-6-,29-20-. The zero-order valence-electron chi connectivity index (χ0n) is 20.5. The van der Waals surface area contributed by atoms with E-state index < -0.39 is 0 Å². The first-order valence-corrected chi connectivity index (χ1v) is 11.7. The van der Waals surface area contributed by atoms with Gasteiger partial charge >= 0.3 is 0 Å². The summed E-state index contributed by atoms with van der Waals surface area (Å²) in [5, 5.41) is 2.27. The number of hydrogen-bond acceptors (Lipinski definition) is 3. The van der Waals surface area contributed by atoms with Gasteiger partial charge in [0.15, 0.2) is 0 Å². The number of hydrogen-bond donors (Lipinski definition) is 1. The predicted molar refractivity (Wildman–Crippen MR) is 148 cm³/mol. The molecule has 1 aliphatic rings. The minimum Gasteiger partial charge on any atom is -0.497 e. The van der Waals surface area contributed by atoms with Crippen LogP contribution in [0.25, 0.3) is 28.1 Å². The van der Waals surface area contributed by atoms with Crippen molar-refractivity contribution in [2.75, 3.05) is 14.2 Å². The fraction of sp³-hybridized carbons (Fsp3) is 0.0938. The molecule has 0 spiro atoms. The van der Waals surface area contributed by atoms with Crippen LogP contribution in [0.3, 0.4) is 0 Å². The Kier molecular flexibility index (Phi) is 6.30. The molecule has 4 aromatic rings. The number of rotatable bonds is 6. The number of aromatic amines is 1. The molecule has 1 aliphatic heterocycles. The number of H-pyrrole nitrogens is 1. The van der Waals surface area contributed by atoms with Gasteiger partial charge in [0.2, 0.25) is 0 Å². The minimum absolute atomic E-state index is 0.811. The van der Waals surface area contributed by atoms with E-state index in [-0.39, 0.29) is 0 Å². The fourth-order valence-corrected chi connectivity index (χ4v) is 4.51. The molecule has 1 N–H and O–H groups in total. The maximum Gasteiger partial charge on any atom is 0.118 e. The van der Waals surface area contributed by atoms with Crippen molar-refractivity contribution < 1.29 is 9.47 Å². The highest BCUT2D eigenvalue weighted by Gasteiger charge is 2.21. The lowest BCUT2D eigenvalue weighted by molar-refractivity contribution is 0.414. The van der Waals surface area contributed by atoms with Crippen LogP contribution in [-0.4, -0.2) is 24.9 Å². The number of allylic oxidation sites excluding steroid dienone is 3. The van der Waals surface area contributed by atoms with Gasteiger partial charge in [0.1, 0.15) is 11.5 Å². The summed E-state index contributed by atoms with van der Waals surface area (Å²) < 4.78 is 10.7. The van der Waals surface area contributed by atoms with Crippen molar-refractivity contribution in [3.63, 3.8) is 0 Å². The molecule has 36 heavy (non-hydrogen) atoms. The molecule has 4 nitrogen and oxygen atoms in total. The highest BCUT2D eigenvalue weighted by Crippen LogP contribution is 2.36. The summed E-state index contributed by atoms with van der Waals surface area (Å²) in [6, 6.07) is 24.4. The van der Waals surface area contributed by atoms with Crippen LogP contribution in [-0.2, 0) is 0 Å². The first kappa shape index (κ1) is 23.0. The molecule has 2 heterocycles. The Labute approximate surface area is 211 Å². The van der Waals surface area contributed by atoms with Gasteiger partial charge in [0.05, 0.1) is 31.3 Å². The lowest BCUT2D eigenvalue weighted by atomic mass is 10.00.